The average Bonchev–Trinajstić information content (AvgIpc) is 2.75. The van der Waals surface area contributed by atoms with Crippen LogP contribution in [0.3, 0.4) is 0 Å². The Labute approximate surface area is 212 Å². The number of carboxylic acid groups (broad SMARTS) is 1. The highest BCUT2D eigenvalue weighted by Crippen LogP contribution is 2.07. The van der Waals surface area contributed by atoms with Crippen molar-refractivity contribution in [3.63, 3.8) is 0 Å². The molecule has 0 saturated carbocycles. The van der Waals surface area contributed by atoms with Crippen molar-refractivity contribution in [2.24, 2.45) is 0 Å². The van der Waals surface area contributed by atoms with Crippen molar-refractivity contribution in [1.29, 1.82) is 0 Å². The minimum absolute atomic E-state index is 0.198. The summed E-state index contributed by atoms with van der Waals surface area (Å²) < 4.78 is 5.81. The van der Waals surface area contributed by atoms with Crippen molar-refractivity contribution in [1.82, 2.24) is 0 Å². The molecule has 0 saturated heterocycles. The zero-order chi connectivity index (χ0) is 26.4. The maximum atomic E-state index is 12.0. The Balaban J connectivity index is 4.05. The monoisotopic (exact) mass is 487 g/mol. The van der Waals surface area contributed by atoms with Crippen LogP contribution in [0.5, 0.6) is 0 Å². The van der Waals surface area contributed by atoms with Crippen molar-refractivity contribution in [2.75, 3.05) is 27.7 Å². The van der Waals surface area contributed by atoms with Gasteiger partial charge < -0.3 is 24.2 Å². The van der Waals surface area contributed by atoms with E-state index in [-0.39, 0.29) is 12.8 Å². The number of ether oxygens (including phenoxy) is 1. The second kappa shape index (κ2) is 20.7. The van der Waals surface area contributed by atoms with E-state index in [1.807, 2.05) is 63.7 Å². The summed E-state index contributed by atoms with van der Waals surface area (Å²) in [7, 11) is 5.73. The Bertz CT molecular complexity index is 754. The number of carbonyl (C=O) groups excluding carboxylic acids is 2. The molecule has 2 atom stereocenters. The number of aliphatic carboxylic acids is 1. The quantitative estimate of drug-likeness (QED) is 0.128. The molecule has 35 heavy (non-hydrogen) atoms. The number of rotatable bonds is 19. The number of carboxylic acids is 1. The molecule has 6 nitrogen and oxygen atoms in total. The Morgan fingerprint density at radius 2 is 1.49 bits per heavy atom. The zero-order valence-corrected chi connectivity index (χ0v) is 22.0. The number of nitrogens with zero attached hydrogens (tertiary/aromatic N) is 1. The van der Waals surface area contributed by atoms with Crippen molar-refractivity contribution < 1.29 is 29.0 Å². The Kier molecular flexibility index (Phi) is 19.1. The van der Waals surface area contributed by atoms with Gasteiger partial charge in [-0.05, 0) is 38.5 Å². The van der Waals surface area contributed by atoms with Crippen LogP contribution in [0.4, 0.5) is 0 Å². The van der Waals surface area contributed by atoms with Gasteiger partial charge in [-0.1, -0.05) is 79.8 Å². The summed E-state index contributed by atoms with van der Waals surface area (Å²) in [4.78, 5) is 22.9. The van der Waals surface area contributed by atoms with Gasteiger partial charge in [0.15, 0.2) is 6.10 Å². The summed E-state index contributed by atoms with van der Waals surface area (Å²) in [6.45, 7) is 2.53. The van der Waals surface area contributed by atoms with E-state index in [1.165, 1.54) is 0 Å². The van der Waals surface area contributed by atoms with Crippen LogP contribution >= 0.6 is 0 Å². The van der Waals surface area contributed by atoms with Crippen molar-refractivity contribution >= 4 is 11.9 Å². The van der Waals surface area contributed by atoms with E-state index >= 15 is 0 Å². The summed E-state index contributed by atoms with van der Waals surface area (Å²) in [5, 5.41) is 20.9. The molecular formula is C29H45NO5. The molecule has 0 aliphatic heterocycles. The summed E-state index contributed by atoms with van der Waals surface area (Å²) in [6.07, 6.45) is 27.3. The van der Waals surface area contributed by atoms with Gasteiger partial charge in [0.1, 0.15) is 6.54 Å². The number of hydrogen-bond donors (Lipinski definition) is 1. The molecular weight excluding hydrogens is 442 g/mol. The second-order valence-corrected chi connectivity index (χ2v) is 9.32. The van der Waals surface area contributed by atoms with Gasteiger partial charge in [0.2, 0.25) is 0 Å². The molecule has 6 heteroatoms. The highest BCUT2D eigenvalue weighted by molar-refractivity contribution is 5.71. The first-order valence-electron chi connectivity index (χ1n) is 12.4. The van der Waals surface area contributed by atoms with E-state index in [1.54, 1.807) is 6.08 Å². The standard InChI is InChI=1S/C29H45NO5/c1-5-6-7-8-9-10-11-12-15-18-21-26(31)22-19-16-13-14-17-20-23-29(34)35-27(24-28(32)33)25-30(2,3)4/h6-7,9-10,12,14-19,21,26-27,31H,5,8,11,13,20,22-25H2,1-4H3/b7-6+,10-9+,15-12+,17-14+,19-16+,21-18+. The van der Waals surface area contributed by atoms with Gasteiger partial charge in [-0.15, -0.1) is 0 Å². The number of aliphatic hydroxyl groups excluding tert-OH is 1. The number of allylic oxidation sites excluding steroid dienone is 10. The molecule has 0 aliphatic carbocycles. The minimum atomic E-state index is -1.22. The van der Waals surface area contributed by atoms with E-state index in [2.05, 4.69) is 31.2 Å². The number of esters is 1. The molecule has 0 aromatic carbocycles. The first-order chi connectivity index (χ1) is 16.6. The van der Waals surface area contributed by atoms with Crippen LogP contribution in [0, 0.1) is 0 Å². The van der Waals surface area contributed by atoms with Crippen molar-refractivity contribution in [3.05, 3.63) is 72.9 Å². The molecule has 0 aliphatic rings. The second-order valence-electron chi connectivity index (χ2n) is 9.32. The molecule has 1 N–H and O–H groups in total. The van der Waals surface area contributed by atoms with Crippen molar-refractivity contribution in [3.8, 4) is 0 Å². The third-order valence-corrected chi connectivity index (χ3v) is 4.64. The molecule has 0 aromatic rings. The lowest BCUT2D eigenvalue weighted by Gasteiger charge is -2.29. The molecule has 0 amide bonds. The molecule has 0 bridgehead atoms. The maximum Gasteiger partial charge on any atom is 0.306 e. The molecule has 2 unspecified atom stereocenters. The fraction of sp³-hybridized carbons (Fsp3) is 0.517. The third-order valence-electron chi connectivity index (χ3n) is 4.64. The lowest BCUT2D eigenvalue weighted by Crippen LogP contribution is -2.45. The van der Waals surface area contributed by atoms with Crippen LogP contribution in [0.2, 0.25) is 0 Å². The summed E-state index contributed by atoms with van der Waals surface area (Å²) in [5.41, 5.74) is 0. The third kappa shape index (κ3) is 24.2. The Morgan fingerprint density at radius 1 is 0.886 bits per heavy atom. The first-order valence-corrected chi connectivity index (χ1v) is 12.4. The maximum absolute atomic E-state index is 12.0. The normalized spacial score (nSPS) is 14.9. The molecule has 0 fully saturated rings. The topological polar surface area (TPSA) is 86.7 Å². The molecule has 0 spiro atoms. The minimum Gasteiger partial charge on any atom is -0.550 e. The number of carbonyl (C=O) groups is 2. The van der Waals surface area contributed by atoms with E-state index in [9.17, 15) is 19.8 Å². The Hall–Kier alpha value is -2.70. The number of hydrogen-bond acceptors (Lipinski definition) is 5. The summed E-state index contributed by atoms with van der Waals surface area (Å²) in [6, 6.07) is 0. The van der Waals surface area contributed by atoms with E-state index in [0.717, 1.165) is 19.3 Å². The van der Waals surface area contributed by atoms with Crippen LogP contribution in [0.25, 0.3) is 0 Å². The van der Waals surface area contributed by atoms with Crippen LogP contribution in [0.1, 0.15) is 58.3 Å². The number of likely N-dealkylation sites (N-methyl/N-ethyl adjacent to an activating group) is 1. The van der Waals surface area contributed by atoms with Crippen LogP contribution in [-0.2, 0) is 14.3 Å². The fourth-order valence-electron chi connectivity index (χ4n) is 3.05. The molecule has 0 heterocycles. The zero-order valence-electron chi connectivity index (χ0n) is 22.0. The fourth-order valence-corrected chi connectivity index (χ4v) is 3.05. The van der Waals surface area contributed by atoms with Gasteiger partial charge in [0.05, 0.1) is 27.2 Å². The van der Waals surface area contributed by atoms with Gasteiger partial charge in [0.25, 0.3) is 0 Å². The molecule has 0 rings (SSSR count). The predicted molar refractivity (Wildman–Crippen MR) is 141 cm³/mol. The van der Waals surface area contributed by atoms with Gasteiger partial charge in [-0.3, -0.25) is 4.79 Å². The first kappa shape index (κ1) is 32.3. The average molecular weight is 488 g/mol. The van der Waals surface area contributed by atoms with Crippen LogP contribution in [0.15, 0.2) is 72.9 Å². The van der Waals surface area contributed by atoms with Gasteiger partial charge >= 0.3 is 5.97 Å². The lowest BCUT2D eigenvalue weighted by molar-refractivity contribution is -0.873. The lowest BCUT2D eigenvalue weighted by atomic mass is 10.2. The van der Waals surface area contributed by atoms with Crippen LogP contribution < -0.4 is 5.11 Å². The predicted octanol–water partition coefficient (Wildman–Crippen LogP) is 4.19. The number of quaternary nitrogens is 1. The van der Waals surface area contributed by atoms with Gasteiger partial charge in [-0.25, -0.2) is 0 Å². The smallest absolute Gasteiger partial charge is 0.306 e. The molecule has 0 radical (unpaired) electrons. The van der Waals surface area contributed by atoms with Gasteiger partial charge in [-0.2, -0.15) is 0 Å². The van der Waals surface area contributed by atoms with E-state index in [4.69, 9.17) is 4.74 Å². The largest absolute Gasteiger partial charge is 0.550 e. The Morgan fingerprint density at radius 3 is 2.11 bits per heavy atom. The SMILES string of the molecule is CC/C=C/C/C=C/C/C=C/C=C/C(O)C/C=C/C/C=C/CCC(=O)OC(CC(=O)[O-])C[N+](C)(C)C. The van der Waals surface area contributed by atoms with Crippen LogP contribution in [-0.4, -0.2) is 61.4 Å². The van der Waals surface area contributed by atoms with E-state index in [0.29, 0.717) is 30.3 Å². The summed E-state index contributed by atoms with van der Waals surface area (Å²) >= 11 is 0. The molecule has 0 aromatic heterocycles. The van der Waals surface area contributed by atoms with Gasteiger partial charge in [0, 0.05) is 18.8 Å². The number of aliphatic hydroxyl groups is 1. The highest BCUT2D eigenvalue weighted by atomic mass is 16.5. The van der Waals surface area contributed by atoms with E-state index < -0.39 is 24.1 Å². The summed E-state index contributed by atoms with van der Waals surface area (Å²) in [5.74, 6) is -1.63. The molecule has 196 valence electrons. The highest BCUT2D eigenvalue weighted by Gasteiger charge is 2.22. The van der Waals surface area contributed by atoms with Crippen molar-refractivity contribution in [2.45, 2.75) is 70.5 Å².